The summed E-state index contributed by atoms with van der Waals surface area (Å²) in [5.74, 6) is 0.632. The first-order chi connectivity index (χ1) is 9.20. The number of hydrogen-bond acceptors (Lipinski definition) is 3. The van der Waals surface area contributed by atoms with Crippen LogP contribution in [-0.2, 0) is 11.2 Å². The van der Waals surface area contributed by atoms with Crippen molar-refractivity contribution in [3.63, 3.8) is 0 Å². The summed E-state index contributed by atoms with van der Waals surface area (Å²) in [6, 6.07) is 5.66. The number of benzene rings is 1. The summed E-state index contributed by atoms with van der Waals surface area (Å²) in [5.41, 5.74) is 0.123. The van der Waals surface area contributed by atoms with Gasteiger partial charge in [0.25, 0.3) is 0 Å². The Morgan fingerprint density at radius 1 is 1.25 bits per heavy atom. The highest BCUT2D eigenvalue weighted by Crippen LogP contribution is 2.35. The molecule has 0 saturated carbocycles. The lowest BCUT2D eigenvalue weighted by atomic mass is 9.86. The van der Waals surface area contributed by atoms with E-state index in [1.165, 1.54) is 0 Å². The second-order valence-electron chi connectivity index (χ2n) is 6.89. The largest absolute Gasteiger partial charge is 0.489 e. The molecular weight excluding hydrogens is 256 g/mol. The Balaban J connectivity index is 2.21. The fraction of sp³-hybridized carbons (Fsp3) is 0.562. The van der Waals surface area contributed by atoms with Crippen LogP contribution in [0, 0.1) is 10.8 Å². The Morgan fingerprint density at radius 2 is 1.85 bits per heavy atom. The predicted octanol–water partition coefficient (Wildman–Crippen LogP) is 3.14. The number of carboxylic acid groups (broad SMARTS) is 1. The van der Waals surface area contributed by atoms with Gasteiger partial charge < -0.3 is 14.6 Å². The van der Waals surface area contributed by atoms with Gasteiger partial charge in [0.2, 0.25) is 0 Å². The molecule has 110 valence electrons. The lowest BCUT2D eigenvalue weighted by Crippen LogP contribution is -2.26. The summed E-state index contributed by atoms with van der Waals surface area (Å²) in [6.07, 6.45) is 0.461. The van der Waals surface area contributed by atoms with Gasteiger partial charge in [-0.1, -0.05) is 19.9 Å². The summed E-state index contributed by atoms with van der Waals surface area (Å²) in [5, 5.41) is 9.20. The molecule has 0 bridgehead atoms. The molecule has 1 N–H and O–H groups in total. The third kappa shape index (κ3) is 3.24. The van der Waals surface area contributed by atoms with Gasteiger partial charge in [-0.3, -0.25) is 4.79 Å². The summed E-state index contributed by atoms with van der Waals surface area (Å²) in [4.78, 5) is 11.2. The number of rotatable bonds is 3. The van der Waals surface area contributed by atoms with Gasteiger partial charge in [-0.2, -0.15) is 0 Å². The van der Waals surface area contributed by atoms with Gasteiger partial charge in [0.15, 0.2) is 11.5 Å². The molecule has 1 aromatic carbocycles. The van der Waals surface area contributed by atoms with E-state index in [0.29, 0.717) is 25.4 Å². The number of fused-ring (bicyclic) bond motifs is 1. The molecule has 0 radical (unpaired) electrons. The zero-order chi connectivity index (χ0) is 15.0. The molecule has 1 aromatic rings. The summed E-state index contributed by atoms with van der Waals surface area (Å²) >= 11 is 0. The van der Waals surface area contributed by atoms with E-state index in [1.54, 1.807) is 13.8 Å². The molecule has 0 amide bonds. The molecule has 0 unspecified atom stereocenters. The molecule has 0 aromatic heterocycles. The first-order valence-electron chi connectivity index (χ1n) is 6.82. The van der Waals surface area contributed by atoms with Crippen LogP contribution in [0.5, 0.6) is 11.5 Å². The number of ether oxygens (including phenoxy) is 2. The Labute approximate surface area is 119 Å². The van der Waals surface area contributed by atoms with Crippen LogP contribution in [0.4, 0.5) is 0 Å². The minimum atomic E-state index is -0.800. The van der Waals surface area contributed by atoms with Gasteiger partial charge in [0, 0.05) is 5.41 Å². The van der Waals surface area contributed by atoms with E-state index in [1.807, 2.05) is 18.2 Å². The van der Waals surface area contributed by atoms with Crippen molar-refractivity contribution in [1.82, 2.24) is 0 Å². The van der Waals surface area contributed by atoms with Crippen LogP contribution in [0.2, 0.25) is 0 Å². The standard InChI is InChI=1S/C16H22O4/c1-15(2)9-19-12-6-5-11(7-13(12)20-10-15)8-16(3,4)14(17)18/h5-7H,8-10H2,1-4H3,(H,17,18). The van der Waals surface area contributed by atoms with E-state index >= 15 is 0 Å². The average Bonchev–Trinajstić information content (AvgIpc) is 2.48. The molecule has 4 heteroatoms. The SMILES string of the molecule is CC1(C)COc2ccc(CC(C)(C)C(=O)O)cc2OC1. The molecule has 1 heterocycles. The fourth-order valence-electron chi connectivity index (χ4n) is 2.07. The Kier molecular flexibility index (Phi) is 3.67. The van der Waals surface area contributed by atoms with E-state index in [2.05, 4.69) is 13.8 Å². The molecule has 0 atom stereocenters. The normalized spacial score (nSPS) is 17.4. The van der Waals surface area contributed by atoms with Crippen LogP contribution in [0.3, 0.4) is 0 Å². The zero-order valence-electron chi connectivity index (χ0n) is 12.5. The highest BCUT2D eigenvalue weighted by molar-refractivity contribution is 5.74. The maximum atomic E-state index is 11.2. The lowest BCUT2D eigenvalue weighted by molar-refractivity contribution is -0.146. The predicted molar refractivity (Wildman–Crippen MR) is 76.3 cm³/mol. The third-order valence-corrected chi connectivity index (χ3v) is 3.47. The maximum Gasteiger partial charge on any atom is 0.309 e. The highest BCUT2D eigenvalue weighted by atomic mass is 16.5. The summed E-state index contributed by atoms with van der Waals surface area (Å²) in [6.45, 7) is 8.83. The average molecular weight is 278 g/mol. The molecule has 4 nitrogen and oxygen atoms in total. The smallest absolute Gasteiger partial charge is 0.309 e. The Hall–Kier alpha value is -1.71. The first kappa shape index (κ1) is 14.7. The highest BCUT2D eigenvalue weighted by Gasteiger charge is 2.29. The lowest BCUT2D eigenvalue weighted by Gasteiger charge is -2.20. The summed E-state index contributed by atoms with van der Waals surface area (Å²) in [7, 11) is 0. The van der Waals surface area contributed by atoms with Crippen molar-refractivity contribution in [2.45, 2.75) is 34.1 Å². The van der Waals surface area contributed by atoms with E-state index in [9.17, 15) is 9.90 Å². The second-order valence-corrected chi connectivity index (χ2v) is 6.89. The quantitative estimate of drug-likeness (QED) is 0.923. The molecular formula is C16H22O4. The molecule has 0 spiro atoms. The van der Waals surface area contributed by atoms with Crippen molar-refractivity contribution < 1.29 is 19.4 Å². The zero-order valence-corrected chi connectivity index (χ0v) is 12.5. The van der Waals surface area contributed by atoms with Crippen LogP contribution in [-0.4, -0.2) is 24.3 Å². The van der Waals surface area contributed by atoms with E-state index in [0.717, 1.165) is 11.3 Å². The number of hydrogen-bond donors (Lipinski definition) is 1. The van der Waals surface area contributed by atoms with Crippen LogP contribution >= 0.6 is 0 Å². The summed E-state index contributed by atoms with van der Waals surface area (Å²) < 4.78 is 11.6. The van der Waals surface area contributed by atoms with Gasteiger partial charge in [-0.05, 0) is 38.0 Å². The molecule has 0 saturated heterocycles. The molecule has 20 heavy (non-hydrogen) atoms. The van der Waals surface area contributed by atoms with Crippen molar-refractivity contribution >= 4 is 5.97 Å². The number of carboxylic acids is 1. The van der Waals surface area contributed by atoms with Crippen molar-refractivity contribution in [1.29, 1.82) is 0 Å². The minimum Gasteiger partial charge on any atom is -0.489 e. The van der Waals surface area contributed by atoms with Crippen molar-refractivity contribution in [3.05, 3.63) is 23.8 Å². The molecule has 0 fully saturated rings. The minimum absolute atomic E-state index is 0.0283. The fourth-order valence-corrected chi connectivity index (χ4v) is 2.07. The second kappa shape index (κ2) is 5.00. The van der Waals surface area contributed by atoms with Gasteiger partial charge in [-0.15, -0.1) is 0 Å². The van der Waals surface area contributed by atoms with Crippen molar-refractivity contribution in [2.75, 3.05) is 13.2 Å². The van der Waals surface area contributed by atoms with E-state index < -0.39 is 11.4 Å². The molecule has 1 aliphatic rings. The monoisotopic (exact) mass is 278 g/mol. The van der Waals surface area contributed by atoms with Gasteiger partial charge in [0.1, 0.15) is 0 Å². The van der Waals surface area contributed by atoms with Gasteiger partial charge in [0.05, 0.1) is 18.6 Å². The Morgan fingerprint density at radius 3 is 2.45 bits per heavy atom. The topological polar surface area (TPSA) is 55.8 Å². The van der Waals surface area contributed by atoms with Crippen molar-refractivity contribution in [3.8, 4) is 11.5 Å². The van der Waals surface area contributed by atoms with Crippen LogP contribution in [0.25, 0.3) is 0 Å². The molecule has 1 aliphatic heterocycles. The Bertz CT molecular complexity index is 517. The number of aliphatic carboxylic acids is 1. The number of carbonyl (C=O) groups is 1. The van der Waals surface area contributed by atoms with Crippen molar-refractivity contribution in [2.24, 2.45) is 10.8 Å². The maximum absolute atomic E-state index is 11.2. The van der Waals surface area contributed by atoms with Gasteiger partial charge in [-0.25, -0.2) is 0 Å². The van der Waals surface area contributed by atoms with E-state index in [-0.39, 0.29) is 5.41 Å². The van der Waals surface area contributed by atoms with Crippen LogP contribution in [0.15, 0.2) is 18.2 Å². The third-order valence-electron chi connectivity index (χ3n) is 3.47. The first-order valence-corrected chi connectivity index (χ1v) is 6.82. The van der Waals surface area contributed by atoms with Crippen LogP contribution in [0.1, 0.15) is 33.3 Å². The molecule has 0 aliphatic carbocycles. The van der Waals surface area contributed by atoms with E-state index in [4.69, 9.17) is 9.47 Å². The van der Waals surface area contributed by atoms with Gasteiger partial charge >= 0.3 is 5.97 Å². The molecule has 2 rings (SSSR count). The van der Waals surface area contributed by atoms with Crippen LogP contribution < -0.4 is 9.47 Å².